The molecule has 1 heterocycles. The van der Waals surface area contributed by atoms with Gasteiger partial charge in [-0.25, -0.2) is 14.6 Å². The maximum atomic E-state index is 15.5. The average molecular weight is 501 g/mol. The smallest absolute Gasteiger partial charge is 0.406 e. The van der Waals surface area contributed by atoms with Gasteiger partial charge in [-0.15, -0.1) is 13.2 Å². The van der Waals surface area contributed by atoms with E-state index in [9.17, 15) is 22.0 Å². The van der Waals surface area contributed by atoms with E-state index in [1.807, 2.05) is 0 Å². The predicted octanol–water partition coefficient (Wildman–Crippen LogP) is 4.88. The van der Waals surface area contributed by atoms with Crippen LogP contribution in [0.1, 0.15) is 17.2 Å². The van der Waals surface area contributed by atoms with Crippen LogP contribution in [0.2, 0.25) is 0 Å². The molecule has 0 amide bonds. The van der Waals surface area contributed by atoms with Crippen LogP contribution in [0.3, 0.4) is 0 Å². The molecule has 0 aliphatic carbocycles. The largest absolute Gasteiger partial charge is 0.573 e. The molecule has 0 saturated carbocycles. The van der Waals surface area contributed by atoms with E-state index in [4.69, 9.17) is 11.7 Å². The molecule has 35 heavy (non-hydrogen) atoms. The van der Waals surface area contributed by atoms with Crippen molar-refractivity contribution in [3.8, 4) is 16.9 Å². The first kappa shape index (κ1) is 25.7. The standard InChI is InChI=1S/C22H18F7N5O/c23-15-4-7-17(19(24)9-15)18(11-34(31)12-33-30)21(25,26)20-8-3-14(10-32-20)13-1-5-16(6-2-13)35-22(27,28)29/h1-10,12,18H,11,30-31H2/b33-12-/t18-/m0/s1. The van der Waals surface area contributed by atoms with Crippen molar-refractivity contribution in [1.29, 1.82) is 0 Å². The molecule has 0 aliphatic rings. The number of ether oxygens (including phenoxy) is 1. The third kappa shape index (κ3) is 6.38. The number of nitrogens with two attached hydrogens (primary N) is 2. The van der Waals surface area contributed by atoms with Crippen molar-refractivity contribution in [1.82, 2.24) is 9.99 Å². The van der Waals surface area contributed by atoms with Gasteiger partial charge in [0.1, 0.15) is 29.4 Å². The Morgan fingerprint density at radius 3 is 2.17 bits per heavy atom. The average Bonchev–Trinajstić information content (AvgIpc) is 2.78. The summed E-state index contributed by atoms with van der Waals surface area (Å²) in [6, 6.07) is 9.17. The van der Waals surface area contributed by atoms with Crippen LogP contribution in [0.5, 0.6) is 5.75 Å². The number of hydrazine groups is 1. The molecule has 3 aromatic rings. The summed E-state index contributed by atoms with van der Waals surface area (Å²) in [5, 5.41) is 3.86. The van der Waals surface area contributed by atoms with Gasteiger partial charge >= 0.3 is 6.36 Å². The van der Waals surface area contributed by atoms with E-state index in [2.05, 4.69) is 14.8 Å². The van der Waals surface area contributed by atoms with Gasteiger partial charge in [-0.1, -0.05) is 24.3 Å². The third-order valence-corrected chi connectivity index (χ3v) is 4.91. The van der Waals surface area contributed by atoms with Gasteiger partial charge in [0.2, 0.25) is 0 Å². The molecule has 1 aromatic heterocycles. The number of nitrogens with zero attached hydrogens (tertiary/aromatic N) is 3. The van der Waals surface area contributed by atoms with Crippen LogP contribution in [-0.4, -0.2) is 29.2 Å². The number of hydrogen-bond acceptors (Lipinski definition) is 5. The van der Waals surface area contributed by atoms with Gasteiger partial charge in [-0.3, -0.25) is 9.99 Å². The fourth-order valence-electron chi connectivity index (χ4n) is 3.33. The van der Waals surface area contributed by atoms with Crippen molar-refractivity contribution in [2.75, 3.05) is 6.54 Å². The van der Waals surface area contributed by atoms with Gasteiger partial charge in [0, 0.05) is 24.4 Å². The van der Waals surface area contributed by atoms with Gasteiger partial charge < -0.3 is 10.6 Å². The molecule has 0 aliphatic heterocycles. The van der Waals surface area contributed by atoms with E-state index in [1.54, 1.807) is 0 Å². The summed E-state index contributed by atoms with van der Waals surface area (Å²) >= 11 is 0. The molecule has 3 rings (SSSR count). The van der Waals surface area contributed by atoms with Crippen LogP contribution in [0.15, 0.2) is 65.9 Å². The highest BCUT2D eigenvalue weighted by Crippen LogP contribution is 2.43. The first-order valence-corrected chi connectivity index (χ1v) is 9.81. The Morgan fingerprint density at radius 2 is 1.63 bits per heavy atom. The molecular weight excluding hydrogens is 483 g/mol. The Bertz CT molecular complexity index is 1170. The Kier molecular flexibility index (Phi) is 7.48. The lowest BCUT2D eigenvalue weighted by molar-refractivity contribution is -0.274. The van der Waals surface area contributed by atoms with E-state index >= 15 is 8.78 Å². The van der Waals surface area contributed by atoms with E-state index in [0.29, 0.717) is 17.2 Å². The SMILES string of the molecule is N/N=C\N(N)C[C@@H](c1ccc(F)cc1F)C(F)(F)c1ccc(-c2ccc(OC(F)(F)F)cc2)cn1. The second-order valence-corrected chi connectivity index (χ2v) is 7.31. The van der Waals surface area contributed by atoms with Crippen molar-refractivity contribution in [2.24, 2.45) is 16.8 Å². The molecular formula is C22H18F7N5O. The van der Waals surface area contributed by atoms with E-state index in [1.165, 1.54) is 18.2 Å². The van der Waals surface area contributed by atoms with Crippen molar-refractivity contribution in [3.05, 3.63) is 83.7 Å². The summed E-state index contributed by atoms with van der Waals surface area (Å²) in [7, 11) is 0. The van der Waals surface area contributed by atoms with Crippen molar-refractivity contribution in [3.63, 3.8) is 0 Å². The van der Waals surface area contributed by atoms with Gasteiger partial charge in [0.25, 0.3) is 5.92 Å². The molecule has 4 N–H and O–H groups in total. The minimum absolute atomic E-state index is 0.323. The summed E-state index contributed by atoms with van der Waals surface area (Å²) < 4.78 is 99.5. The normalized spacial score (nSPS) is 13.1. The Hall–Kier alpha value is -3.87. The number of pyridine rings is 1. The quantitative estimate of drug-likeness (QED) is 0.151. The summed E-state index contributed by atoms with van der Waals surface area (Å²) in [5.41, 5.74) is -0.549. The minimum Gasteiger partial charge on any atom is -0.406 e. The summed E-state index contributed by atoms with van der Waals surface area (Å²) in [6.07, 6.45) is -2.92. The van der Waals surface area contributed by atoms with Gasteiger partial charge in [-0.05, 0) is 35.4 Å². The maximum Gasteiger partial charge on any atom is 0.573 e. The maximum absolute atomic E-state index is 15.5. The van der Waals surface area contributed by atoms with Crippen LogP contribution in [0, 0.1) is 11.6 Å². The second-order valence-electron chi connectivity index (χ2n) is 7.31. The van der Waals surface area contributed by atoms with Crippen LogP contribution in [0.25, 0.3) is 11.1 Å². The fourth-order valence-corrected chi connectivity index (χ4v) is 3.33. The molecule has 0 saturated heterocycles. The van der Waals surface area contributed by atoms with Crippen LogP contribution in [0.4, 0.5) is 30.7 Å². The van der Waals surface area contributed by atoms with Gasteiger partial charge in [-0.2, -0.15) is 13.9 Å². The first-order valence-electron chi connectivity index (χ1n) is 9.81. The lowest BCUT2D eigenvalue weighted by Crippen LogP contribution is -2.40. The fraction of sp³-hybridized carbons (Fsp3) is 0.182. The molecule has 0 radical (unpaired) electrons. The van der Waals surface area contributed by atoms with Crippen molar-refractivity contribution < 1.29 is 35.5 Å². The number of alkyl halides is 5. The summed E-state index contributed by atoms with van der Waals surface area (Å²) in [4.78, 5) is 3.78. The molecule has 0 unspecified atom stereocenters. The minimum atomic E-state index is -4.86. The summed E-state index contributed by atoms with van der Waals surface area (Å²) in [6.45, 7) is -0.652. The van der Waals surface area contributed by atoms with Crippen LogP contribution in [-0.2, 0) is 5.92 Å². The molecule has 1 atom stereocenters. The highest BCUT2D eigenvalue weighted by atomic mass is 19.4. The zero-order valence-corrected chi connectivity index (χ0v) is 17.7. The number of benzene rings is 2. The van der Waals surface area contributed by atoms with Crippen LogP contribution >= 0.6 is 0 Å². The Morgan fingerprint density at radius 1 is 0.971 bits per heavy atom. The second kappa shape index (κ2) is 10.2. The molecule has 0 fully saturated rings. The third-order valence-electron chi connectivity index (χ3n) is 4.91. The van der Waals surface area contributed by atoms with Gasteiger partial charge in [0.15, 0.2) is 0 Å². The Balaban J connectivity index is 1.91. The molecule has 2 aromatic carbocycles. The number of aromatic nitrogens is 1. The molecule has 6 nitrogen and oxygen atoms in total. The van der Waals surface area contributed by atoms with E-state index < -0.39 is 53.4 Å². The number of rotatable bonds is 8. The number of hydrazone groups is 1. The zero-order chi connectivity index (χ0) is 25.8. The Labute approximate surface area is 194 Å². The first-order chi connectivity index (χ1) is 16.4. The predicted molar refractivity (Wildman–Crippen MR) is 113 cm³/mol. The molecule has 13 heteroatoms. The number of hydrogen-bond donors (Lipinski definition) is 2. The summed E-state index contributed by atoms with van der Waals surface area (Å²) in [5.74, 6) is 2.28. The topological polar surface area (TPSA) is 89.8 Å². The molecule has 0 spiro atoms. The van der Waals surface area contributed by atoms with Gasteiger partial charge in [0.05, 0.1) is 5.92 Å². The highest BCUT2D eigenvalue weighted by molar-refractivity contribution is 5.63. The van der Waals surface area contributed by atoms with Crippen LogP contribution < -0.4 is 16.4 Å². The molecule has 0 bridgehead atoms. The number of halogens is 7. The van der Waals surface area contributed by atoms with Crippen molar-refractivity contribution >= 4 is 6.34 Å². The lowest BCUT2D eigenvalue weighted by atomic mass is 9.89. The lowest BCUT2D eigenvalue weighted by Gasteiger charge is -2.29. The molecule has 186 valence electrons. The monoisotopic (exact) mass is 501 g/mol. The van der Waals surface area contributed by atoms with Crippen molar-refractivity contribution in [2.45, 2.75) is 18.2 Å². The van der Waals surface area contributed by atoms with E-state index in [-0.39, 0.29) is 0 Å². The van der Waals surface area contributed by atoms with E-state index in [0.717, 1.165) is 47.9 Å². The highest BCUT2D eigenvalue weighted by Gasteiger charge is 2.45. The zero-order valence-electron chi connectivity index (χ0n) is 17.7.